The van der Waals surface area contributed by atoms with E-state index in [4.69, 9.17) is 0 Å². The highest BCUT2D eigenvalue weighted by Gasteiger charge is 2.35. The first-order valence-corrected chi connectivity index (χ1v) is 12.4. The van der Waals surface area contributed by atoms with Gasteiger partial charge in [-0.2, -0.15) is 4.31 Å². The number of benzene rings is 2. The van der Waals surface area contributed by atoms with E-state index in [2.05, 4.69) is 6.92 Å². The first kappa shape index (κ1) is 21.1. The van der Waals surface area contributed by atoms with E-state index >= 15 is 0 Å². The lowest BCUT2D eigenvalue weighted by Gasteiger charge is -2.30. The Balaban J connectivity index is 1.61. The van der Waals surface area contributed by atoms with Crippen molar-refractivity contribution in [3.63, 3.8) is 0 Å². The van der Waals surface area contributed by atoms with E-state index in [0.29, 0.717) is 31.1 Å². The Hall–Kier alpha value is -2.18. The topological polar surface area (TPSA) is 57.7 Å². The van der Waals surface area contributed by atoms with Crippen LogP contribution in [0, 0.1) is 5.92 Å². The van der Waals surface area contributed by atoms with Gasteiger partial charge in [0.15, 0.2) is 0 Å². The summed E-state index contributed by atoms with van der Waals surface area (Å²) in [5, 5.41) is 0. The van der Waals surface area contributed by atoms with E-state index < -0.39 is 10.0 Å². The standard InChI is InChI=1S/C24H30N2O3S/c1-19(21-13-14-21)26(18-20-9-4-2-5-10-20)24(27)22-11-8-12-23(17-22)30(28,29)25-15-6-3-7-16-25/h2,4-5,8-12,17,19,21H,3,6-7,13-16,18H2,1H3. The molecule has 2 aromatic carbocycles. The van der Waals surface area contributed by atoms with Gasteiger partial charge in [-0.15, -0.1) is 0 Å². The Morgan fingerprint density at radius 2 is 1.73 bits per heavy atom. The molecular weight excluding hydrogens is 396 g/mol. The van der Waals surface area contributed by atoms with Crippen LogP contribution in [0.4, 0.5) is 0 Å². The maximum Gasteiger partial charge on any atom is 0.254 e. The van der Waals surface area contributed by atoms with Crippen molar-refractivity contribution in [2.45, 2.75) is 56.5 Å². The molecule has 1 saturated carbocycles. The molecule has 1 unspecified atom stereocenters. The quantitative estimate of drug-likeness (QED) is 0.663. The van der Waals surface area contributed by atoms with Crippen molar-refractivity contribution in [1.29, 1.82) is 0 Å². The third-order valence-electron chi connectivity index (χ3n) is 6.29. The van der Waals surface area contributed by atoms with Crippen LogP contribution >= 0.6 is 0 Å². The van der Waals surface area contributed by atoms with Crippen molar-refractivity contribution in [3.8, 4) is 0 Å². The first-order valence-electron chi connectivity index (χ1n) is 10.9. The third-order valence-corrected chi connectivity index (χ3v) is 8.18. The van der Waals surface area contributed by atoms with Gasteiger partial charge in [-0.25, -0.2) is 8.42 Å². The summed E-state index contributed by atoms with van der Waals surface area (Å²) < 4.78 is 27.7. The van der Waals surface area contributed by atoms with Gasteiger partial charge in [0.05, 0.1) is 4.90 Å². The molecule has 0 bridgehead atoms. The number of rotatable bonds is 7. The second-order valence-electron chi connectivity index (χ2n) is 8.49. The summed E-state index contributed by atoms with van der Waals surface area (Å²) in [6.07, 6.45) is 5.13. The number of sulfonamides is 1. The van der Waals surface area contributed by atoms with Crippen LogP contribution in [0.1, 0.15) is 54.9 Å². The van der Waals surface area contributed by atoms with Gasteiger partial charge in [-0.05, 0) is 62.3 Å². The average Bonchev–Trinajstić information content (AvgIpc) is 3.63. The minimum Gasteiger partial charge on any atom is -0.331 e. The lowest BCUT2D eigenvalue weighted by Crippen LogP contribution is -2.39. The Morgan fingerprint density at radius 3 is 2.40 bits per heavy atom. The molecule has 2 aliphatic rings. The summed E-state index contributed by atoms with van der Waals surface area (Å²) in [5.74, 6) is 0.423. The van der Waals surface area contributed by atoms with Gasteiger partial charge in [0.25, 0.3) is 5.91 Å². The summed E-state index contributed by atoms with van der Waals surface area (Å²) in [5.41, 5.74) is 1.52. The van der Waals surface area contributed by atoms with Crippen LogP contribution in [-0.2, 0) is 16.6 Å². The number of carbonyl (C=O) groups excluding carboxylic acids is 1. The van der Waals surface area contributed by atoms with Gasteiger partial charge in [-0.1, -0.05) is 42.8 Å². The number of amides is 1. The molecule has 1 atom stereocenters. The van der Waals surface area contributed by atoms with Gasteiger partial charge < -0.3 is 4.90 Å². The Morgan fingerprint density at radius 1 is 1.03 bits per heavy atom. The summed E-state index contributed by atoms with van der Waals surface area (Å²) >= 11 is 0. The highest BCUT2D eigenvalue weighted by atomic mass is 32.2. The Kier molecular flexibility index (Phi) is 6.25. The fraction of sp³-hybridized carbons (Fsp3) is 0.458. The number of carbonyl (C=O) groups is 1. The molecule has 1 heterocycles. The predicted octanol–water partition coefficient (Wildman–Crippen LogP) is 4.30. The van der Waals surface area contributed by atoms with Crippen LogP contribution in [0.3, 0.4) is 0 Å². The van der Waals surface area contributed by atoms with Crippen molar-refractivity contribution >= 4 is 15.9 Å². The van der Waals surface area contributed by atoms with Gasteiger partial charge >= 0.3 is 0 Å². The smallest absolute Gasteiger partial charge is 0.254 e. The molecule has 0 spiro atoms. The number of hydrogen-bond donors (Lipinski definition) is 0. The third kappa shape index (κ3) is 4.60. The molecule has 5 nitrogen and oxygen atoms in total. The Bertz CT molecular complexity index is 981. The molecule has 30 heavy (non-hydrogen) atoms. The molecule has 160 valence electrons. The average molecular weight is 427 g/mol. The van der Waals surface area contributed by atoms with Crippen LogP contribution in [0.25, 0.3) is 0 Å². The van der Waals surface area contributed by atoms with E-state index in [1.807, 2.05) is 35.2 Å². The van der Waals surface area contributed by atoms with E-state index in [1.165, 1.54) is 0 Å². The Labute approximate surface area is 179 Å². The molecule has 2 fully saturated rings. The highest BCUT2D eigenvalue weighted by molar-refractivity contribution is 7.89. The van der Waals surface area contributed by atoms with Crippen molar-refractivity contribution in [3.05, 3.63) is 65.7 Å². The minimum atomic E-state index is -3.56. The summed E-state index contributed by atoms with van der Waals surface area (Å²) in [4.78, 5) is 15.6. The van der Waals surface area contributed by atoms with Gasteiger partial charge in [0.2, 0.25) is 10.0 Å². The zero-order chi connectivity index (χ0) is 21.1. The number of piperidine rings is 1. The highest BCUT2D eigenvalue weighted by Crippen LogP contribution is 2.36. The molecule has 1 amide bonds. The van der Waals surface area contributed by atoms with E-state index in [9.17, 15) is 13.2 Å². The van der Waals surface area contributed by atoms with E-state index in [-0.39, 0.29) is 16.8 Å². The normalized spacial score (nSPS) is 18.7. The van der Waals surface area contributed by atoms with Crippen molar-refractivity contribution in [2.24, 2.45) is 5.92 Å². The molecule has 0 N–H and O–H groups in total. The van der Waals surface area contributed by atoms with Gasteiger partial charge in [0.1, 0.15) is 0 Å². The van der Waals surface area contributed by atoms with Crippen LogP contribution in [-0.4, -0.2) is 42.7 Å². The maximum atomic E-state index is 13.5. The monoisotopic (exact) mass is 426 g/mol. The molecule has 2 aromatic rings. The molecule has 1 aliphatic heterocycles. The number of hydrogen-bond acceptors (Lipinski definition) is 3. The summed E-state index contributed by atoms with van der Waals surface area (Å²) in [6.45, 7) is 3.74. The fourth-order valence-corrected chi connectivity index (χ4v) is 5.79. The lowest BCUT2D eigenvalue weighted by atomic mass is 10.1. The van der Waals surface area contributed by atoms with Crippen molar-refractivity contribution in [1.82, 2.24) is 9.21 Å². The zero-order valence-electron chi connectivity index (χ0n) is 17.5. The molecule has 1 saturated heterocycles. The molecule has 0 aromatic heterocycles. The summed E-state index contributed by atoms with van der Waals surface area (Å²) in [6, 6.07) is 16.7. The van der Waals surface area contributed by atoms with Crippen LogP contribution in [0.2, 0.25) is 0 Å². The van der Waals surface area contributed by atoms with Crippen LogP contribution < -0.4 is 0 Å². The molecular formula is C24H30N2O3S. The van der Waals surface area contributed by atoms with E-state index in [0.717, 1.165) is 37.7 Å². The second-order valence-corrected chi connectivity index (χ2v) is 10.4. The van der Waals surface area contributed by atoms with Crippen LogP contribution in [0.15, 0.2) is 59.5 Å². The van der Waals surface area contributed by atoms with Crippen molar-refractivity contribution < 1.29 is 13.2 Å². The SMILES string of the molecule is CC(C1CC1)N(Cc1ccccc1)C(=O)c1cccc(S(=O)(=O)N2CCCCC2)c1. The first-order chi connectivity index (χ1) is 14.5. The molecule has 6 heteroatoms. The lowest BCUT2D eigenvalue weighted by molar-refractivity contribution is 0.0654. The maximum absolute atomic E-state index is 13.5. The predicted molar refractivity (Wildman–Crippen MR) is 118 cm³/mol. The molecule has 4 rings (SSSR count). The molecule has 1 aliphatic carbocycles. The van der Waals surface area contributed by atoms with E-state index in [1.54, 1.807) is 28.6 Å². The van der Waals surface area contributed by atoms with Gasteiger partial charge in [-0.3, -0.25) is 4.79 Å². The van der Waals surface area contributed by atoms with Gasteiger partial charge in [0, 0.05) is 31.2 Å². The van der Waals surface area contributed by atoms with Crippen molar-refractivity contribution in [2.75, 3.05) is 13.1 Å². The van der Waals surface area contributed by atoms with Crippen LogP contribution in [0.5, 0.6) is 0 Å². The summed E-state index contributed by atoms with van der Waals surface area (Å²) in [7, 11) is -3.56. The second kappa shape index (κ2) is 8.90. The molecule has 0 radical (unpaired) electrons. The fourth-order valence-electron chi connectivity index (χ4n) is 4.22. The number of nitrogens with zero attached hydrogens (tertiary/aromatic N) is 2. The minimum absolute atomic E-state index is 0.103. The zero-order valence-corrected chi connectivity index (χ0v) is 18.4. The largest absolute Gasteiger partial charge is 0.331 e.